The van der Waals surface area contributed by atoms with E-state index < -0.39 is 8.24 Å². The molecule has 4 heteroatoms. The van der Waals surface area contributed by atoms with Gasteiger partial charge in [0.25, 0.3) is 0 Å². The Balaban J connectivity index is 1.62. The summed E-state index contributed by atoms with van der Waals surface area (Å²) in [6.45, 7) is 12.9. The van der Waals surface area contributed by atoms with Crippen molar-refractivity contribution in [3.05, 3.63) is 53.6 Å². The van der Waals surface area contributed by atoms with E-state index in [4.69, 9.17) is 0 Å². The van der Waals surface area contributed by atoms with Gasteiger partial charge in [0.15, 0.2) is 0 Å². The third kappa shape index (κ3) is 3.13. The maximum absolute atomic E-state index is 3.51. The van der Waals surface area contributed by atoms with Gasteiger partial charge in [-0.1, -0.05) is 68.1 Å². The summed E-state index contributed by atoms with van der Waals surface area (Å²) in [5, 5.41) is 7.02. The predicted molar refractivity (Wildman–Crippen MR) is 113 cm³/mol. The summed E-state index contributed by atoms with van der Waals surface area (Å²) in [5.74, 6) is 2.15. The zero-order chi connectivity index (χ0) is 18.3. The van der Waals surface area contributed by atoms with Crippen LogP contribution in [-0.4, -0.2) is 32.8 Å². The molecule has 2 aliphatic carbocycles. The molecule has 1 saturated carbocycles. The standard InChI is InChI=1S/C22H33N3Si/c1-16-8-10-18(11-9-16)19-6-5-7-20-21(19)12-17(2)22(20)26(3,4)25-14-23-13-24-15-25/h5-11,17,20-24H,12-15H2,1-4H3. The van der Waals surface area contributed by atoms with Crippen molar-refractivity contribution in [3.63, 3.8) is 0 Å². The summed E-state index contributed by atoms with van der Waals surface area (Å²) in [4.78, 5) is 0. The molecule has 0 radical (unpaired) electrons. The van der Waals surface area contributed by atoms with Crippen LogP contribution in [-0.2, 0) is 0 Å². The van der Waals surface area contributed by atoms with Crippen LogP contribution in [0.25, 0.3) is 5.57 Å². The van der Waals surface area contributed by atoms with E-state index in [-0.39, 0.29) is 0 Å². The fourth-order valence-corrected chi connectivity index (χ4v) is 9.98. The fraction of sp³-hybridized carbons (Fsp3) is 0.545. The van der Waals surface area contributed by atoms with Gasteiger partial charge in [-0.25, -0.2) is 0 Å². The SMILES string of the molecule is Cc1ccc(C2=CC=CC3C2CC(C)C3[Si](C)(C)N2CNCNC2)cc1. The number of benzene rings is 1. The Morgan fingerprint density at radius 3 is 2.46 bits per heavy atom. The summed E-state index contributed by atoms with van der Waals surface area (Å²) in [5.41, 5.74) is 5.13. The Morgan fingerprint density at radius 1 is 1.08 bits per heavy atom. The Bertz CT molecular complexity index is 701. The number of fused-ring (bicyclic) bond motifs is 1. The minimum absolute atomic E-state index is 0.681. The van der Waals surface area contributed by atoms with Crippen molar-refractivity contribution in [1.82, 2.24) is 15.2 Å². The fourth-order valence-electron chi connectivity index (χ4n) is 5.70. The van der Waals surface area contributed by atoms with E-state index in [9.17, 15) is 0 Å². The Morgan fingerprint density at radius 2 is 1.77 bits per heavy atom. The van der Waals surface area contributed by atoms with E-state index >= 15 is 0 Å². The molecule has 1 aliphatic heterocycles. The molecule has 4 rings (SSSR count). The van der Waals surface area contributed by atoms with Gasteiger partial charge in [0.05, 0.1) is 0 Å². The first-order valence-electron chi connectivity index (χ1n) is 10.1. The van der Waals surface area contributed by atoms with Gasteiger partial charge >= 0.3 is 0 Å². The van der Waals surface area contributed by atoms with Crippen LogP contribution >= 0.6 is 0 Å². The van der Waals surface area contributed by atoms with Crippen LogP contribution in [0.5, 0.6) is 0 Å². The highest BCUT2D eigenvalue weighted by molar-refractivity contribution is 6.76. The van der Waals surface area contributed by atoms with E-state index in [1.165, 1.54) is 17.5 Å². The van der Waals surface area contributed by atoms with Gasteiger partial charge in [0.1, 0.15) is 8.24 Å². The molecule has 26 heavy (non-hydrogen) atoms. The quantitative estimate of drug-likeness (QED) is 0.786. The third-order valence-corrected chi connectivity index (χ3v) is 11.5. The van der Waals surface area contributed by atoms with Gasteiger partial charge in [-0.2, -0.15) is 0 Å². The third-order valence-electron chi connectivity index (χ3n) is 7.00. The lowest BCUT2D eigenvalue weighted by Gasteiger charge is -2.47. The Kier molecular flexibility index (Phi) is 4.95. The Labute approximate surface area is 159 Å². The first-order valence-corrected chi connectivity index (χ1v) is 13.1. The van der Waals surface area contributed by atoms with Gasteiger partial charge in [-0.15, -0.1) is 0 Å². The monoisotopic (exact) mass is 367 g/mol. The second-order valence-corrected chi connectivity index (χ2v) is 13.6. The molecule has 4 unspecified atom stereocenters. The summed E-state index contributed by atoms with van der Waals surface area (Å²) in [7, 11) is -1.55. The summed E-state index contributed by atoms with van der Waals surface area (Å²) >= 11 is 0. The van der Waals surface area contributed by atoms with Crippen LogP contribution in [0.15, 0.2) is 42.5 Å². The maximum Gasteiger partial charge on any atom is 0.129 e. The largest absolute Gasteiger partial charge is 0.299 e. The average molecular weight is 368 g/mol. The molecule has 1 aromatic carbocycles. The van der Waals surface area contributed by atoms with E-state index in [0.29, 0.717) is 11.8 Å². The first-order chi connectivity index (χ1) is 12.5. The average Bonchev–Trinajstić information content (AvgIpc) is 2.99. The van der Waals surface area contributed by atoms with Crippen LogP contribution < -0.4 is 10.6 Å². The topological polar surface area (TPSA) is 27.3 Å². The van der Waals surface area contributed by atoms with Crippen molar-refractivity contribution in [2.24, 2.45) is 17.8 Å². The van der Waals surface area contributed by atoms with Gasteiger partial charge in [-0.3, -0.25) is 15.2 Å². The number of nitrogens with one attached hydrogen (secondary N) is 2. The lowest BCUT2D eigenvalue weighted by molar-refractivity contribution is 0.280. The van der Waals surface area contributed by atoms with Crippen molar-refractivity contribution in [2.75, 3.05) is 20.0 Å². The van der Waals surface area contributed by atoms with Gasteiger partial charge < -0.3 is 0 Å². The van der Waals surface area contributed by atoms with Crippen LogP contribution in [0.1, 0.15) is 24.5 Å². The zero-order valence-electron chi connectivity index (χ0n) is 16.6. The normalized spacial score (nSPS) is 32.4. The lowest BCUT2D eigenvalue weighted by Crippen LogP contribution is -2.63. The molecule has 0 bridgehead atoms. The number of allylic oxidation sites excluding steroid dienone is 4. The number of hydrogen-bond acceptors (Lipinski definition) is 3. The van der Waals surface area contributed by atoms with Crippen molar-refractivity contribution in [1.29, 1.82) is 0 Å². The van der Waals surface area contributed by atoms with Crippen LogP contribution in [0.3, 0.4) is 0 Å². The van der Waals surface area contributed by atoms with Crippen molar-refractivity contribution in [2.45, 2.75) is 38.9 Å². The number of nitrogens with zero attached hydrogens (tertiary/aromatic N) is 1. The highest BCUT2D eigenvalue weighted by Gasteiger charge is 2.52. The molecule has 1 heterocycles. The molecule has 0 amide bonds. The zero-order valence-corrected chi connectivity index (χ0v) is 17.6. The maximum atomic E-state index is 3.51. The number of aryl methyl sites for hydroxylation is 1. The highest BCUT2D eigenvalue weighted by atomic mass is 28.3. The molecule has 3 aliphatic rings. The predicted octanol–water partition coefficient (Wildman–Crippen LogP) is 4.16. The van der Waals surface area contributed by atoms with Crippen LogP contribution in [0.4, 0.5) is 0 Å². The minimum Gasteiger partial charge on any atom is -0.299 e. The summed E-state index contributed by atoms with van der Waals surface area (Å²) < 4.78 is 2.72. The Hall–Kier alpha value is -1.20. The van der Waals surface area contributed by atoms with E-state index in [0.717, 1.165) is 31.5 Å². The molecule has 2 N–H and O–H groups in total. The minimum atomic E-state index is -1.55. The van der Waals surface area contributed by atoms with E-state index in [2.05, 4.69) is 84.6 Å². The second kappa shape index (κ2) is 7.08. The molecule has 1 saturated heterocycles. The highest BCUT2D eigenvalue weighted by Crippen LogP contribution is 2.56. The van der Waals surface area contributed by atoms with Crippen molar-refractivity contribution in [3.8, 4) is 0 Å². The molecule has 4 atom stereocenters. The molecular weight excluding hydrogens is 334 g/mol. The van der Waals surface area contributed by atoms with E-state index in [1.807, 2.05) is 0 Å². The summed E-state index contributed by atoms with van der Waals surface area (Å²) in [6, 6.07) is 9.14. The molecular formula is C22H33N3Si. The second-order valence-electron chi connectivity index (χ2n) is 8.98. The number of rotatable bonds is 3. The lowest BCUT2D eigenvalue weighted by atomic mass is 9.81. The number of hydrogen-bond donors (Lipinski definition) is 2. The van der Waals surface area contributed by atoms with Gasteiger partial charge in [-0.05, 0) is 47.8 Å². The smallest absolute Gasteiger partial charge is 0.129 e. The molecule has 3 nitrogen and oxygen atoms in total. The van der Waals surface area contributed by atoms with Crippen molar-refractivity contribution >= 4 is 13.8 Å². The molecule has 140 valence electrons. The van der Waals surface area contributed by atoms with Gasteiger partial charge in [0.2, 0.25) is 0 Å². The van der Waals surface area contributed by atoms with Crippen LogP contribution in [0.2, 0.25) is 18.6 Å². The van der Waals surface area contributed by atoms with Gasteiger partial charge in [0, 0.05) is 20.0 Å². The molecule has 0 aromatic heterocycles. The van der Waals surface area contributed by atoms with E-state index in [1.54, 1.807) is 5.57 Å². The van der Waals surface area contributed by atoms with Crippen LogP contribution in [0, 0.1) is 24.7 Å². The summed E-state index contributed by atoms with van der Waals surface area (Å²) in [6.07, 6.45) is 8.55. The van der Waals surface area contributed by atoms with Crippen molar-refractivity contribution < 1.29 is 0 Å². The molecule has 2 fully saturated rings. The molecule has 1 aromatic rings. The molecule has 0 spiro atoms. The first kappa shape index (κ1) is 18.2.